The van der Waals surface area contributed by atoms with Gasteiger partial charge in [-0.05, 0) is 49.2 Å². The predicted molar refractivity (Wildman–Crippen MR) is 129 cm³/mol. The molecule has 192 valence electrons. The maximum absolute atomic E-state index is 14.8. The number of quaternary nitrogens is 1. The molecule has 1 unspecified atom stereocenters. The molecule has 1 saturated carbocycles. The van der Waals surface area contributed by atoms with Gasteiger partial charge in [0.25, 0.3) is 11.5 Å². The number of amides is 1. The summed E-state index contributed by atoms with van der Waals surface area (Å²) in [5, 5.41) is 18.9. The number of aromatic amines is 1. The van der Waals surface area contributed by atoms with Crippen LogP contribution >= 0.6 is 0 Å². The van der Waals surface area contributed by atoms with E-state index < -0.39 is 50.1 Å². The number of carbonyl (C=O) groups excluding carboxylic acids is 1. The molecule has 1 fully saturated rings. The lowest BCUT2D eigenvalue weighted by atomic mass is 10.0. The van der Waals surface area contributed by atoms with Crippen molar-refractivity contribution in [2.24, 2.45) is 0 Å². The van der Waals surface area contributed by atoms with Crippen LogP contribution in [-0.2, 0) is 16.6 Å². The summed E-state index contributed by atoms with van der Waals surface area (Å²) in [6.45, 7) is -0.411. The fourth-order valence-electron chi connectivity index (χ4n) is 4.26. The van der Waals surface area contributed by atoms with Gasteiger partial charge in [0, 0.05) is 45.9 Å². The van der Waals surface area contributed by atoms with E-state index in [-0.39, 0.29) is 39.0 Å². The van der Waals surface area contributed by atoms with Crippen LogP contribution in [0.25, 0.3) is 22.0 Å². The van der Waals surface area contributed by atoms with Crippen molar-refractivity contribution in [1.29, 1.82) is 0 Å². The SMILES string of the molecule is O=C(NS(=O)(=O)C1CC1)c1c(-c2ccc[nH]c2=O)c2cc(F)ccc2n1Cc1cc([NH+]([O-])O)ccc1F. The van der Waals surface area contributed by atoms with Crippen LogP contribution in [0.1, 0.15) is 28.9 Å². The van der Waals surface area contributed by atoms with Crippen LogP contribution in [0, 0.1) is 16.8 Å². The zero-order chi connectivity index (χ0) is 26.5. The van der Waals surface area contributed by atoms with Crippen molar-refractivity contribution >= 4 is 32.5 Å². The molecule has 1 aliphatic rings. The third-order valence-electron chi connectivity index (χ3n) is 6.15. The highest BCUT2D eigenvalue weighted by molar-refractivity contribution is 7.91. The van der Waals surface area contributed by atoms with E-state index in [0.717, 1.165) is 30.3 Å². The van der Waals surface area contributed by atoms with E-state index in [2.05, 4.69) is 4.98 Å². The van der Waals surface area contributed by atoms with E-state index in [1.54, 1.807) is 0 Å². The summed E-state index contributed by atoms with van der Waals surface area (Å²) in [5.41, 5.74) is -1.14. The number of nitrogens with zero attached hydrogens (tertiary/aromatic N) is 1. The topological polar surface area (TPSA) is 149 Å². The van der Waals surface area contributed by atoms with E-state index in [0.29, 0.717) is 12.8 Å². The quantitative estimate of drug-likeness (QED) is 0.269. The number of carbonyl (C=O) groups is 1. The van der Waals surface area contributed by atoms with Crippen molar-refractivity contribution in [3.63, 3.8) is 0 Å². The van der Waals surface area contributed by atoms with E-state index in [4.69, 9.17) is 0 Å². The van der Waals surface area contributed by atoms with E-state index in [1.807, 2.05) is 4.72 Å². The minimum atomic E-state index is -4.03. The molecule has 10 nitrogen and oxygen atoms in total. The molecule has 13 heteroatoms. The molecule has 4 aromatic rings. The van der Waals surface area contributed by atoms with Gasteiger partial charge >= 0.3 is 0 Å². The van der Waals surface area contributed by atoms with Gasteiger partial charge in [0.1, 0.15) is 17.3 Å². The van der Waals surface area contributed by atoms with Gasteiger partial charge in [0.15, 0.2) is 5.69 Å². The summed E-state index contributed by atoms with van der Waals surface area (Å²) in [6.07, 6.45) is 2.13. The van der Waals surface area contributed by atoms with Crippen LogP contribution < -0.4 is 15.5 Å². The van der Waals surface area contributed by atoms with E-state index >= 15 is 0 Å². The Bertz CT molecular complexity index is 1710. The van der Waals surface area contributed by atoms with Crippen molar-refractivity contribution in [1.82, 2.24) is 14.3 Å². The molecule has 4 N–H and O–H groups in total. The molecule has 0 saturated heterocycles. The highest BCUT2D eigenvalue weighted by atomic mass is 32.2. The number of sulfonamides is 1. The van der Waals surface area contributed by atoms with Gasteiger partial charge in [0.05, 0.1) is 11.8 Å². The first-order valence-corrected chi connectivity index (χ1v) is 12.7. The molecule has 37 heavy (non-hydrogen) atoms. The molecule has 1 atom stereocenters. The monoisotopic (exact) mass is 530 g/mol. The molecule has 0 aliphatic heterocycles. The summed E-state index contributed by atoms with van der Waals surface area (Å²) in [5.74, 6) is -2.54. The zero-order valence-electron chi connectivity index (χ0n) is 19.0. The fourth-order valence-corrected chi connectivity index (χ4v) is 5.54. The van der Waals surface area contributed by atoms with Crippen molar-refractivity contribution in [3.05, 3.63) is 93.2 Å². The van der Waals surface area contributed by atoms with Gasteiger partial charge in [-0.1, -0.05) is 0 Å². The number of rotatable bonds is 7. The number of hydrogen-bond donors (Lipinski definition) is 4. The first kappa shape index (κ1) is 24.8. The van der Waals surface area contributed by atoms with Crippen molar-refractivity contribution in [2.75, 3.05) is 0 Å². The lowest BCUT2D eigenvalue weighted by Crippen LogP contribution is -2.99. The lowest BCUT2D eigenvalue weighted by molar-refractivity contribution is -0.991. The average Bonchev–Trinajstić information content (AvgIpc) is 3.65. The smallest absolute Gasteiger partial charge is 0.282 e. The third-order valence-corrected chi connectivity index (χ3v) is 7.97. The van der Waals surface area contributed by atoms with E-state index in [9.17, 15) is 37.2 Å². The van der Waals surface area contributed by atoms with Crippen LogP contribution in [0.2, 0.25) is 0 Å². The number of halogens is 2. The Hall–Kier alpha value is -3.91. The first-order chi connectivity index (χ1) is 17.6. The number of H-pyrrole nitrogens is 1. The van der Waals surface area contributed by atoms with Crippen LogP contribution in [-0.4, -0.2) is 34.3 Å². The van der Waals surface area contributed by atoms with Gasteiger partial charge in [0.2, 0.25) is 10.0 Å². The Morgan fingerprint density at radius 1 is 1.19 bits per heavy atom. The Morgan fingerprint density at radius 3 is 2.62 bits per heavy atom. The highest BCUT2D eigenvalue weighted by Gasteiger charge is 2.38. The van der Waals surface area contributed by atoms with Crippen LogP contribution in [0.3, 0.4) is 0 Å². The Labute approximate surface area is 208 Å². The lowest BCUT2D eigenvalue weighted by Gasteiger charge is -2.16. The highest BCUT2D eigenvalue weighted by Crippen LogP contribution is 2.36. The Kier molecular flexibility index (Phi) is 6.15. The maximum Gasteiger partial charge on any atom is 0.282 e. The molecule has 2 heterocycles. The molecule has 1 aliphatic carbocycles. The second kappa shape index (κ2) is 9.19. The summed E-state index contributed by atoms with van der Waals surface area (Å²) in [7, 11) is -4.03. The minimum absolute atomic E-state index is 0.0365. The van der Waals surface area contributed by atoms with E-state index in [1.165, 1.54) is 29.0 Å². The summed E-state index contributed by atoms with van der Waals surface area (Å²) in [6, 6.07) is 9.51. The minimum Gasteiger partial charge on any atom is -0.595 e. The maximum atomic E-state index is 14.8. The van der Waals surface area contributed by atoms with Crippen molar-refractivity contribution < 1.29 is 32.4 Å². The molecule has 5 rings (SSSR count). The number of nitrogens with one attached hydrogen (secondary N) is 3. The summed E-state index contributed by atoms with van der Waals surface area (Å²) >= 11 is 0. The van der Waals surface area contributed by atoms with Crippen LogP contribution in [0.15, 0.2) is 59.5 Å². The number of aromatic nitrogens is 2. The van der Waals surface area contributed by atoms with Gasteiger partial charge in [-0.15, -0.1) is 0 Å². The van der Waals surface area contributed by atoms with Gasteiger partial charge in [-0.25, -0.2) is 27.1 Å². The molecule has 0 radical (unpaired) electrons. The Balaban J connectivity index is 1.79. The van der Waals surface area contributed by atoms with Gasteiger partial charge in [-0.2, -0.15) is 5.23 Å². The number of pyridine rings is 1. The largest absolute Gasteiger partial charge is 0.595 e. The average molecular weight is 531 g/mol. The summed E-state index contributed by atoms with van der Waals surface area (Å²) < 4.78 is 57.6. The molecule has 2 aromatic carbocycles. The number of benzene rings is 2. The summed E-state index contributed by atoms with van der Waals surface area (Å²) in [4.78, 5) is 28.7. The van der Waals surface area contributed by atoms with Gasteiger partial charge < -0.3 is 14.8 Å². The Morgan fingerprint density at radius 2 is 1.95 bits per heavy atom. The van der Waals surface area contributed by atoms with Crippen LogP contribution in [0.4, 0.5) is 14.5 Å². The molecule has 0 bridgehead atoms. The normalized spacial score (nSPS) is 14.6. The molecule has 1 amide bonds. The molecule has 2 aromatic heterocycles. The van der Waals surface area contributed by atoms with Crippen molar-refractivity contribution in [3.8, 4) is 11.1 Å². The molecule has 0 spiro atoms. The number of fused-ring (bicyclic) bond motifs is 1. The third kappa shape index (κ3) is 4.64. The zero-order valence-corrected chi connectivity index (χ0v) is 19.8. The second-order valence-corrected chi connectivity index (χ2v) is 10.6. The fraction of sp³-hybridized carbons (Fsp3) is 0.167. The molecular formula is C24H20F2N4O6S. The molecular weight excluding hydrogens is 510 g/mol. The second-order valence-electron chi connectivity index (χ2n) is 8.67. The predicted octanol–water partition coefficient (Wildman–Crippen LogP) is 1.95. The van der Waals surface area contributed by atoms with Crippen molar-refractivity contribution in [2.45, 2.75) is 24.6 Å². The van der Waals surface area contributed by atoms with Gasteiger partial charge in [-0.3, -0.25) is 9.59 Å². The van der Waals surface area contributed by atoms with Crippen LogP contribution in [0.5, 0.6) is 0 Å². The standard InChI is InChI=1S/C24H20F2N4O6S/c25-14-3-8-20-18(11-14)21(17-2-1-9-27-23(17)31)22(24(32)28-37(35,36)16-5-6-16)29(20)12-13-10-15(30(33)34)4-7-19(13)26/h1-4,7-11,16,30,33H,5-6,12H2,(H,27,31)(H,28,32). The first-order valence-electron chi connectivity index (χ1n) is 11.1. The number of hydrogen-bond acceptors (Lipinski definition) is 6.